The van der Waals surface area contributed by atoms with Gasteiger partial charge < -0.3 is 0 Å². The number of hydrogen-bond acceptors (Lipinski definition) is 2. The fraction of sp³-hybridized carbons (Fsp3) is 0.250. The number of nitrogens with one attached hydrogen (secondary N) is 1. The summed E-state index contributed by atoms with van der Waals surface area (Å²) in [6, 6.07) is 14.2. The van der Waals surface area contributed by atoms with Crippen molar-refractivity contribution in [2.75, 3.05) is 0 Å². The Morgan fingerprint density at radius 2 is 2.05 bits per heavy atom. The van der Waals surface area contributed by atoms with Crippen LogP contribution >= 0.6 is 27.5 Å². The van der Waals surface area contributed by atoms with Crippen LogP contribution in [0.2, 0.25) is 5.02 Å². The maximum Gasteiger partial charge on any atom is 0.0721 e. The molecule has 0 saturated carbocycles. The van der Waals surface area contributed by atoms with E-state index < -0.39 is 0 Å². The van der Waals surface area contributed by atoms with Gasteiger partial charge in [0.25, 0.3) is 0 Å². The predicted molar refractivity (Wildman–Crippen MR) is 88.8 cm³/mol. The van der Waals surface area contributed by atoms with Gasteiger partial charge in [0.1, 0.15) is 0 Å². The van der Waals surface area contributed by atoms with Crippen LogP contribution in [0.5, 0.6) is 0 Å². The molecule has 0 radical (unpaired) electrons. The lowest BCUT2D eigenvalue weighted by molar-refractivity contribution is 0.633. The monoisotopic (exact) mass is 352 g/mol. The molecule has 0 aromatic heterocycles. The van der Waals surface area contributed by atoms with E-state index in [1.165, 1.54) is 5.56 Å². The van der Waals surface area contributed by atoms with Crippen LogP contribution in [0.3, 0.4) is 0 Å². The van der Waals surface area contributed by atoms with E-state index >= 15 is 0 Å². The molecule has 0 bridgehead atoms. The lowest BCUT2D eigenvalue weighted by Crippen LogP contribution is -2.29. The van der Waals surface area contributed by atoms with Crippen LogP contribution in [0.1, 0.15) is 36.1 Å². The van der Waals surface area contributed by atoms with Crippen LogP contribution in [0, 0.1) is 0 Å². The quantitative estimate of drug-likeness (QED) is 0.608. The lowest BCUT2D eigenvalue weighted by Gasteiger charge is -2.19. The molecule has 20 heavy (non-hydrogen) atoms. The number of hydrazine groups is 1. The van der Waals surface area contributed by atoms with E-state index in [1.807, 2.05) is 18.2 Å². The minimum atomic E-state index is -0.0570. The Hall–Kier alpha value is -0.870. The molecule has 0 saturated heterocycles. The van der Waals surface area contributed by atoms with Gasteiger partial charge in [0.2, 0.25) is 0 Å². The molecule has 1 unspecified atom stereocenters. The number of rotatable bonds is 5. The zero-order valence-corrected chi connectivity index (χ0v) is 13.7. The normalized spacial score (nSPS) is 12.4. The highest BCUT2D eigenvalue weighted by Crippen LogP contribution is 2.30. The van der Waals surface area contributed by atoms with Crippen molar-refractivity contribution in [3.05, 3.63) is 68.7 Å². The van der Waals surface area contributed by atoms with E-state index in [0.29, 0.717) is 5.02 Å². The largest absolute Gasteiger partial charge is 0.271 e. The van der Waals surface area contributed by atoms with Crippen LogP contribution in [-0.2, 0) is 6.42 Å². The Morgan fingerprint density at radius 1 is 1.25 bits per heavy atom. The van der Waals surface area contributed by atoms with Gasteiger partial charge in [-0.25, -0.2) is 5.43 Å². The standard InChI is InChI=1S/C16H18BrClN2/c1-2-4-11-5-3-6-12(9-11)16(20-19)14-8-7-13(18)10-15(14)17/h3,5-10,16,20H,2,4,19H2,1H3. The molecule has 0 aliphatic rings. The van der Waals surface area contributed by atoms with E-state index in [1.54, 1.807) is 0 Å². The molecule has 0 spiro atoms. The number of nitrogens with two attached hydrogens (primary N) is 1. The molecule has 0 aliphatic carbocycles. The van der Waals surface area contributed by atoms with Gasteiger partial charge in [-0.3, -0.25) is 5.84 Å². The van der Waals surface area contributed by atoms with Crippen LogP contribution in [0.15, 0.2) is 46.9 Å². The second kappa shape index (κ2) is 7.23. The smallest absolute Gasteiger partial charge is 0.0721 e. The number of aryl methyl sites for hydroxylation is 1. The van der Waals surface area contributed by atoms with Gasteiger partial charge in [0.05, 0.1) is 6.04 Å². The Labute approximate surface area is 133 Å². The molecule has 2 aromatic rings. The molecule has 2 aromatic carbocycles. The third-order valence-electron chi connectivity index (χ3n) is 3.26. The van der Waals surface area contributed by atoms with E-state index in [9.17, 15) is 0 Å². The van der Waals surface area contributed by atoms with Gasteiger partial charge in [0.15, 0.2) is 0 Å². The Morgan fingerprint density at radius 3 is 2.70 bits per heavy atom. The zero-order chi connectivity index (χ0) is 14.5. The summed E-state index contributed by atoms with van der Waals surface area (Å²) in [5.41, 5.74) is 6.45. The summed E-state index contributed by atoms with van der Waals surface area (Å²) in [6.07, 6.45) is 2.21. The van der Waals surface area contributed by atoms with Crippen molar-refractivity contribution in [2.45, 2.75) is 25.8 Å². The summed E-state index contributed by atoms with van der Waals surface area (Å²) < 4.78 is 0.953. The molecule has 1 atom stereocenters. The summed E-state index contributed by atoms with van der Waals surface area (Å²) in [5.74, 6) is 5.76. The molecule has 2 nitrogen and oxygen atoms in total. The molecule has 4 heteroatoms. The van der Waals surface area contributed by atoms with Crippen molar-refractivity contribution in [3.8, 4) is 0 Å². The van der Waals surface area contributed by atoms with Crippen molar-refractivity contribution in [3.63, 3.8) is 0 Å². The van der Waals surface area contributed by atoms with E-state index in [4.69, 9.17) is 17.4 Å². The van der Waals surface area contributed by atoms with Gasteiger partial charge in [-0.15, -0.1) is 0 Å². The molecule has 0 fully saturated rings. The zero-order valence-electron chi connectivity index (χ0n) is 11.4. The molecular weight excluding hydrogens is 336 g/mol. The first-order valence-electron chi connectivity index (χ1n) is 6.65. The average molecular weight is 354 g/mol. The SMILES string of the molecule is CCCc1cccc(C(NN)c2ccc(Cl)cc2Br)c1. The van der Waals surface area contributed by atoms with Gasteiger partial charge in [-0.2, -0.15) is 0 Å². The minimum absolute atomic E-state index is 0.0570. The third-order valence-corrected chi connectivity index (χ3v) is 4.19. The Balaban J connectivity index is 2.38. The number of hydrogen-bond donors (Lipinski definition) is 2. The van der Waals surface area contributed by atoms with E-state index in [-0.39, 0.29) is 6.04 Å². The Kier molecular flexibility index (Phi) is 5.61. The lowest BCUT2D eigenvalue weighted by atomic mass is 9.96. The number of halogens is 2. The molecule has 0 amide bonds. The minimum Gasteiger partial charge on any atom is -0.271 e. The van der Waals surface area contributed by atoms with Crippen molar-refractivity contribution < 1.29 is 0 Å². The first-order chi connectivity index (χ1) is 9.65. The van der Waals surface area contributed by atoms with Crippen LogP contribution in [-0.4, -0.2) is 0 Å². The highest BCUT2D eigenvalue weighted by Gasteiger charge is 2.15. The van der Waals surface area contributed by atoms with Crippen LogP contribution in [0.25, 0.3) is 0 Å². The predicted octanol–water partition coefficient (Wildman–Crippen LogP) is 4.61. The summed E-state index contributed by atoms with van der Waals surface area (Å²) in [5, 5.41) is 0.705. The van der Waals surface area contributed by atoms with Crippen LogP contribution < -0.4 is 11.3 Å². The average Bonchev–Trinajstić information content (AvgIpc) is 2.43. The van der Waals surface area contributed by atoms with Crippen molar-refractivity contribution in [1.29, 1.82) is 0 Å². The van der Waals surface area contributed by atoms with Gasteiger partial charge >= 0.3 is 0 Å². The maximum absolute atomic E-state index is 6.00. The van der Waals surface area contributed by atoms with Gasteiger partial charge in [0, 0.05) is 9.50 Å². The third kappa shape index (κ3) is 3.61. The van der Waals surface area contributed by atoms with Gasteiger partial charge in [-0.1, -0.05) is 71.2 Å². The fourth-order valence-electron chi connectivity index (χ4n) is 2.32. The van der Waals surface area contributed by atoms with Gasteiger partial charge in [-0.05, 0) is 35.2 Å². The fourth-order valence-corrected chi connectivity index (χ4v) is 3.23. The van der Waals surface area contributed by atoms with Crippen LogP contribution in [0.4, 0.5) is 0 Å². The highest BCUT2D eigenvalue weighted by molar-refractivity contribution is 9.10. The van der Waals surface area contributed by atoms with E-state index in [2.05, 4.69) is 52.5 Å². The van der Waals surface area contributed by atoms with E-state index in [0.717, 1.165) is 28.4 Å². The first-order valence-corrected chi connectivity index (χ1v) is 7.82. The molecular formula is C16H18BrClN2. The summed E-state index contributed by atoms with van der Waals surface area (Å²) in [7, 11) is 0. The Bertz CT molecular complexity index is 586. The van der Waals surface area contributed by atoms with Crippen molar-refractivity contribution in [2.24, 2.45) is 5.84 Å². The molecule has 2 rings (SSSR count). The molecule has 0 aliphatic heterocycles. The summed E-state index contributed by atoms with van der Waals surface area (Å²) >= 11 is 9.55. The molecule has 106 valence electrons. The first kappa shape index (κ1) is 15.5. The molecule has 3 N–H and O–H groups in total. The summed E-state index contributed by atoms with van der Waals surface area (Å²) in [4.78, 5) is 0. The van der Waals surface area contributed by atoms with Crippen molar-refractivity contribution >= 4 is 27.5 Å². The molecule has 0 heterocycles. The number of benzene rings is 2. The second-order valence-corrected chi connectivity index (χ2v) is 6.05. The van der Waals surface area contributed by atoms with Crippen molar-refractivity contribution in [1.82, 2.24) is 5.43 Å². The highest BCUT2D eigenvalue weighted by atomic mass is 79.9. The summed E-state index contributed by atoms with van der Waals surface area (Å²) in [6.45, 7) is 2.18. The second-order valence-electron chi connectivity index (χ2n) is 4.76. The maximum atomic E-state index is 6.00. The topological polar surface area (TPSA) is 38.0 Å².